The Balaban J connectivity index is 0.000000399. The first kappa shape index (κ1) is 60.1. The van der Waals surface area contributed by atoms with Crippen LogP contribution in [0.25, 0.3) is 0 Å². The Morgan fingerprint density at radius 1 is 0.403 bits per heavy atom. The van der Waals surface area contributed by atoms with Gasteiger partial charge in [-0.05, 0) is 117 Å². The van der Waals surface area contributed by atoms with Crippen LogP contribution in [0.5, 0.6) is 0 Å². The van der Waals surface area contributed by atoms with Crippen LogP contribution in [0, 0.1) is 12.1 Å². The van der Waals surface area contributed by atoms with Gasteiger partial charge in [0, 0.05) is 48.4 Å². The second-order valence-electron chi connectivity index (χ2n) is 26.3. The fraction of sp³-hybridized carbons (Fsp3) is 0.765. The van der Waals surface area contributed by atoms with Crippen molar-refractivity contribution in [1.82, 2.24) is 0 Å². The minimum absolute atomic E-state index is 0. The van der Waals surface area contributed by atoms with Gasteiger partial charge in [-0.2, -0.15) is 0 Å². The fourth-order valence-electron chi connectivity index (χ4n) is 13.5. The third kappa shape index (κ3) is 18.7. The molecule has 0 aromatic heterocycles. The maximum atomic E-state index is 4.33. The Morgan fingerprint density at radius 3 is 0.935 bits per heavy atom. The molecule has 3 aliphatic rings. The molecule has 0 atom stereocenters. The summed E-state index contributed by atoms with van der Waals surface area (Å²) in [6, 6.07) is 18.8. The molecule has 0 amide bonds. The van der Waals surface area contributed by atoms with E-state index in [1.807, 2.05) is 0 Å². The van der Waals surface area contributed by atoms with E-state index in [2.05, 4.69) is 178 Å². The van der Waals surface area contributed by atoms with Crippen LogP contribution >= 0.6 is 19.7 Å². The van der Waals surface area contributed by atoms with Crippen LogP contribution in [0.1, 0.15) is 163 Å². The van der Waals surface area contributed by atoms with E-state index in [4.69, 9.17) is 0 Å². The second-order valence-corrected chi connectivity index (χ2v) is 63.4. The number of rotatable bonds is 13. The molecule has 3 saturated carbocycles. The van der Waals surface area contributed by atoms with Gasteiger partial charge in [0.2, 0.25) is 0 Å². The molecule has 0 heterocycles. The monoisotopic (exact) mass is 1120 g/mol. The van der Waals surface area contributed by atoms with Crippen molar-refractivity contribution in [3.63, 3.8) is 0 Å². The summed E-state index contributed by atoms with van der Waals surface area (Å²) in [6.07, 6.45) is 21.5. The Kier molecular flexibility index (Phi) is 24.9. The van der Waals surface area contributed by atoms with Gasteiger partial charge < -0.3 is 23.3 Å². The fourth-order valence-corrected chi connectivity index (χ4v) is 51.3. The molecule has 0 nitrogen and oxygen atoms in total. The third-order valence-corrected chi connectivity index (χ3v) is 44.3. The average Bonchev–Trinajstić information content (AvgIpc) is 3.12. The summed E-state index contributed by atoms with van der Waals surface area (Å²) in [5, 5.41) is 2.32. The van der Waals surface area contributed by atoms with Crippen LogP contribution in [-0.4, -0.2) is 72.4 Å². The molecule has 0 saturated heterocycles. The molecule has 350 valence electrons. The van der Waals surface area contributed by atoms with Crippen molar-refractivity contribution in [3.05, 3.63) is 69.8 Å². The molecule has 0 spiro atoms. The second kappa shape index (κ2) is 25.7. The van der Waals surface area contributed by atoms with Crippen molar-refractivity contribution in [2.45, 2.75) is 247 Å². The average molecular weight is 1120 g/mol. The predicted octanol–water partition coefficient (Wildman–Crippen LogP) is 18.5. The zero-order valence-corrected chi connectivity index (χ0v) is 55.6. The Hall–Kier alpha value is 1.94. The van der Waals surface area contributed by atoms with Crippen molar-refractivity contribution in [2.24, 2.45) is 0 Å². The van der Waals surface area contributed by atoms with Crippen LogP contribution < -0.4 is 0 Å². The minimum Gasteiger partial charge on any atom is -0.709 e. The van der Waals surface area contributed by atoms with Gasteiger partial charge in [-0.15, -0.1) is 0 Å². The molecule has 0 N–H and O–H groups in total. The van der Waals surface area contributed by atoms with E-state index in [1.54, 1.807) is 33.4 Å². The van der Waals surface area contributed by atoms with Crippen molar-refractivity contribution < 1.29 is 0 Å². The zero-order chi connectivity index (χ0) is 46.2. The van der Waals surface area contributed by atoms with Gasteiger partial charge in [0.25, 0.3) is 0 Å². The zero-order valence-electron chi connectivity index (χ0n) is 43.5. The van der Waals surface area contributed by atoms with Crippen molar-refractivity contribution in [2.75, 3.05) is 0 Å². The summed E-state index contributed by atoms with van der Waals surface area (Å²) in [6.45, 7) is 47.0. The number of hydrogen-bond acceptors (Lipinski definition) is 4. The van der Waals surface area contributed by atoms with Crippen LogP contribution in [0.3, 0.4) is 0 Å². The first-order valence-electron chi connectivity index (χ1n) is 24.7. The normalized spacial score (nSPS) is 18.2. The SMILES string of the molecule is C[Si](C)(C)C(c1[c]c(C([Si](C)(C)C)[Si](C)(C)C)cc(C([Si](C)(C)C)[Si](C)(C)C)c1)[Si](C)(C)C.[S-]SS[S-].[Sn+2].[c]1c(C2CCCCC2)cc(C2CCCCC2)cc1C1CCCCC1. The molecule has 11 heteroatoms. The molecular formula is C51H94S4Si6Sn. The molecule has 3 fully saturated rings. The van der Waals surface area contributed by atoms with Gasteiger partial charge in [0.1, 0.15) is 0 Å². The van der Waals surface area contributed by atoms with Gasteiger partial charge in [-0.25, -0.2) is 0 Å². The Morgan fingerprint density at radius 2 is 0.677 bits per heavy atom. The third-order valence-electron chi connectivity index (χ3n) is 14.2. The number of hydrogen-bond donors (Lipinski definition) is 0. The molecule has 2 aromatic carbocycles. The maximum Gasteiger partial charge on any atom is 2.00 e. The van der Waals surface area contributed by atoms with Gasteiger partial charge in [-0.3, -0.25) is 19.7 Å². The first-order valence-corrected chi connectivity index (χ1v) is 50.2. The topological polar surface area (TPSA) is 0 Å². The number of benzene rings is 2. The quantitative estimate of drug-likeness (QED) is 0.111. The summed E-state index contributed by atoms with van der Waals surface area (Å²) < 4.78 is 0. The van der Waals surface area contributed by atoms with E-state index in [0.29, 0.717) is 0 Å². The van der Waals surface area contributed by atoms with Crippen LogP contribution in [-0.2, 0) is 23.3 Å². The summed E-state index contributed by atoms with van der Waals surface area (Å²) in [7, 11) is -5.94. The van der Waals surface area contributed by atoms with Gasteiger partial charge in [0.05, 0.1) is 0 Å². The summed E-state index contributed by atoms with van der Waals surface area (Å²) in [5.41, 5.74) is 9.82. The smallest absolute Gasteiger partial charge is 0.709 e. The largest absolute Gasteiger partial charge is 2.00 e. The predicted molar refractivity (Wildman–Crippen MR) is 312 cm³/mol. The molecule has 3 aliphatic carbocycles. The molecule has 4 radical (unpaired) electrons. The van der Waals surface area contributed by atoms with Gasteiger partial charge >= 0.3 is 23.9 Å². The van der Waals surface area contributed by atoms with E-state index in [-0.39, 0.29) is 23.9 Å². The van der Waals surface area contributed by atoms with Crippen molar-refractivity contribution in [1.29, 1.82) is 0 Å². The summed E-state index contributed by atoms with van der Waals surface area (Å²) in [4.78, 5) is 0. The van der Waals surface area contributed by atoms with Crippen LogP contribution in [0.2, 0.25) is 118 Å². The van der Waals surface area contributed by atoms with Gasteiger partial charge in [0.15, 0.2) is 0 Å². The van der Waals surface area contributed by atoms with E-state index in [1.165, 1.54) is 116 Å². The summed E-state index contributed by atoms with van der Waals surface area (Å²) in [5.74, 6) is 2.47. The van der Waals surface area contributed by atoms with E-state index >= 15 is 0 Å². The van der Waals surface area contributed by atoms with Crippen molar-refractivity contribution >= 4 is 115 Å². The van der Waals surface area contributed by atoms with Crippen LogP contribution in [0.4, 0.5) is 0 Å². The van der Waals surface area contributed by atoms with E-state index in [0.717, 1.165) is 33.2 Å². The molecule has 2 aromatic rings. The van der Waals surface area contributed by atoms with Crippen LogP contribution in [0.15, 0.2) is 24.3 Å². The van der Waals surface area contributed by atoms with E-state index in [9.17, 15) is 0 Å². The first-order chi connectivity index (χ1) is 28.0. The Labute approximate surface area is 428 Å². The van der Waals surface area contributed by atoms with E-state index < -0.39 is 48.4 Å². The molecule has 0 bridgehead atoms. The minimum atomic E-state index is -1.39. The van der Waals surface area contributed by atoms with Gasteiger partial charge in [-0.1, -0.05) is 200 Å². The van der Waals surface area contributed by atoms with Crippen molar-refractivity contribution in [3.8, 4) is 0 Å². The molecule has 0 unspecified atom stereocenters. The Bertz CT molecular complexity index is 1360. The molecule has 62 heavy (non-hydrogen) atoms. The molecule has 5 rings (SSSR count). The maximum absolute atomic E-state index is 4.33. The molecular weight excluding hydrogens is 1030 g/mol. The molecule has 0 aliphatic heterocycles. The standard InChI is InChI=1S/C27H59Si6.C24H35.H2S4.Sn/c1-28(2,3)25(29(4,5)6)22-19-23(26(30(7,8)9)31(10,11)12)21-24(20-22)27(32(13,14)15)33(16,17)18;1-4-10-19(11-5-1)22-16-23(20-12-6-2-7-13-20)18-24(17-22)21-14-8-3-9-15-21;1-3-4-2;/h19-20,25-27H,1-18H3;16-17,19-21H,1-15H2;1-2H;/q;;;+2/p-2. The summed E-state index contributed by atoms with van der Waals surface area (Å²) >= 11 is 8.66.